The number of unbranched alkanes of at least 4 members (excludes halogenated alkanes) is 3. The SMILES string of the molecule is CCCCCCC(=O)OCCOCCOCCOCCOCCOCCCNC(=O)CCC(=O)O. The normalized spacial score (nSPS) is 10.9. The van der Waals surface area contributed by atoms with E-state index in [-0.39, 0.29) is 31.3 Å². The van der Waals surface area contributed by atoms with Crippen LogP contribution < -0.4 is 5.32 Å². The zero-order valence-corrected chi connectivity index (χ0v) is 21.3. The van der Waals surface area contributed by atoms with E-state index in [1.165, 1.54) is 0 Å². The second-order valence-corrected chi connectivity index (χ2v) is 7.69. The molecule has 0 spiro atoms. The summed E-state index contributed by atoms with van der Waals surface area (Å²) < 4.78 is 32.0. The molecule has 2 N–H and O–H groups in total. The van der Waals surface area contributed by atoms with Crippen molar-refractivity contribution >= 4 is 17.8 Å². The Kier molecular flexibility index (Phi) is 25.4. The van der Waals surface area contributed by atoms with E-state index in [1.807, 2.05) is 0 Å². The third kappa shape index (κ3) is 28.3. The zero-order chi connectivity index (χ0) is 25.8. The van der Waals surface area contributed by atoms with Crippen LogP contribution in [-0.4, -0.2) is 102 Å². The lowest BCUT2D eigenvalue weighted by atomic mass is 10.2. The Balaban J connectivity index is 3.15. The van der Waals surface area contributed by atoms with Gasteiger partial charge in [0, 0.05) is 26.0 Å². The van der Waals surface area contributed by atoms with Crippen molar-refractivity contribution < 1.29 is 47.9 Å². The third-order valence-corrected chi connectivity index (χ3v) is 4.57. The van der Waals surface area contributed by atoms with Crippen LogP contribution in [0.1, 0.15) is 58.3 Å². The molecule has 206 valence electrons. The van der Waals surface area contributed by atoms with Gasteiger partial charge in [-0.2, -0.15) is 0 Å². The van der Waals surface area contributed by atoms with Crippen LogP contribution in [0.4, 0.5) is 0 Å². The number of carboxylic acids is 1. The molecule has 0 saturated heterocycles. The van der Waals surface area contributed by atoms with Gasteiger partial charge in [-0.25, -0.2) is 0 Å². The molecule has 0 aromatic carbocycles. The number of nitrogens with one attached hydrogen (secondary N) is 1. The van der Waals surface area contributed by atoms with Gasteiger partial charge >= 0.3 is 11.9 Å². The largest absolute Gasteiger partial charge is 0.481 e. The fourth-order valence-electron chi connectivity index (χ4n) is 2.68. The van der Waals surface area contributed by atoms with Crippen LogP contribution in [0.3, 0.4) is 0 Å². The van der Waals surface area contributed by atoms with Crippen molar-refractivity contribution in [1.82, 2.24) is 5.32 Å². The first-order valence-corrected chi connectivity index (χ1v) is 12.6. The van der Waals surface area contributed by atoms with Gasteiger partial charge in [-0.3, -0.25) is 14.4 Å². The van der Waals surface area contributed by atoms with E-state index in [4.69, 9.17) is 33.5 Å². The van der Waals surface area contributed by atoms with E-state index in [0.717, 1.165) is 25.7 Å². The number of rotatable bonds is 27. The van der Waals surface area contributed by atoms with Crippen LogP contribution in [-0.2, 0) is 42.8 Å². The summed E-state index contributed by atoms with van der Waals surface area (Å²) in [5.41, 5.74) is 0. The summed E-state index contributed by atoms with van der Waals surface area (Å²) in [6, 6.07) is 0. The molecular weight excluding hydrogens is 462 g/mol. The Labute approximate surface area is 209 Å². The molecule has 0 aliphatic heterocycles. The van der Waals surface area contributed by atoms with Gasteiger partial charge in [0.25, 0.3) is 0 Å². The predicted octanol–water partition coefficient (Wildman–Crippen LogP) is 1.95. The molecule has 0 atom stereocenters. The number of carboxylic acid groups (broad SMARTS) is 1. The summed E-state index contributed by atoms with van der Waals surface area (Å²) in [6.45, 7) is 7.38. The molecule has 0 aliphatic rings. The van der Waals surface area contributed by atoms with Crippen LogP contribution in [0.2, 0.25) is 0 Å². The average molecular weight is 508 g/mol. The van der Waals surface area contributed by atoms with Gasteiger partial charge in [0.15, 0.2) is 0 Å². The standard InChI is InChI=1S/C24H45NO10/c1-2-3-4-5-7-24(29)35-21-20-34-19-18-33-17-16-32-15-14-31-13-12-30-11-6-10-25-22(26)8-9-23(27)28/h2-21H2,1H3,(H,25,26)(H,27,28). The monoisotopic (exact) mass is 507 g/mol. The van der Waals surface area contributed by atoms with Gasteiger partial charge in [0.1, 0.15) is 6.61 Å². The number of amides is 1. The van der Waals surface area contributed by atoms with Gasteiger partial charge in [0.05, 0.1) is 65.9 Å². The zero-order valence-electron chi connectivity index (χ0n) is 21.3. The minimum Gasteiger partial charge on any atom is -0.481 e. The molecule has 11 heteroatoms. The summed E-state index contributed by atoms with van der Waals surface area (Å²) in [5, 5.41) is 11.1. The molecule has 0 bridgehead atoms. The van der Waals surface area contributed by atoms with Crippen LogP contribution in [0.15, 0.2) is 0 Å². The van der Waals surface area contributed by atoms with Crippen molar-refractivity contribution in [2.45, 2.75) is 58.3 Å². The third-order valence-electron chi connectivity index (χ3n) is 4.57. The molecular formula is C24H45NO10. The van der Waals surface area contributed by atoms with E-state index in [9.17, 15) is 14.4 Å². The lowest BCUT2D eigenvalue weighted by Gasteiger charge is -2.08. The number of esters is 1. The van der Waals surface area contributed by atoms with E-state index in [1.54, 1.807) is 0 Å². The van der Waals surface area contributed by atoms with Crippen LogP contribution in [0.25, 0.3) is 0 Å². The molecule has 0 heterocycles. The molecule has 0 saturated carbocycles. The smallest absolute Gasteiger partial charge is 0.305 e. The van der Waals surface area contributed by atoms with Gasteiger partial charge in [-0.1, -0.05) is 26.2 Å². The topological polar surface area (TPSA) is 139 Å². The van der Waals surface area contributed by atoms with Crippen molar-refractivity contribution in [2.24, 2.45) is 0 Å². The minimum atomic E-state index is -0.982. The van der Waals surface area contributed by atoms with Gasteiger partial charge in [-0.05, 0) is 12.8 Å². The fourth-order valence-corrected chi connectivity index (χ4v) is 2.68. The van der Waals surface area contributed by atoms with E-state index < -0.39 is 5.97 Å². The van der Waals surface area contributed by atoms with Gasteiger partial charge in [-0.15, -0.1) is 0 Å². The van der Waals surface area contributed by atoms with E-state index in [0.29, 0.717) is 85.5 Å². The summed E-state index contributed by atoms with van der Waals surface area (Å²) >= 11 is 0. The van der Waals surface area contributed by atoms with Crippen LogP contribution in [0, 0.1) is 0 Å². The molecule has 1 amide bonds. The van der Waals surface area contributed by atoms with E-state index in [2.05, 4.69) is 12.2 Å². The number of carbonyl (C=O) groups excluding carboxylic acids is 2. The minimum absolute atomic E-state index is 0.00800. The molecule has 0 aromatic rings. The Bertz CT molecular complexity index is 519. The number of hydrogen-bond acceptors (Lipinski definition) is 9. The van der Waals surface area contributed by atoms with Crippen molar-refractivity contribution in [1.29, 1.82) is 0 Å². The van der Waals surface area contributed by atoms with E-state index >= 15 is 0 Å². The Morgan fingerprint density at radius 2 is 1.11 bits per heavy atom. The average Bonchev–Trinajstić information content (AvgIpc) is 2.84. The number of hydrogen-bond donors (Lipinski definition) is 2. The summed E-state index contributed by atoms with van der Waals surface area (Å²) in [5.74, 6) is -1.41. The maximum atomic E-state index is 11.5. The molecule has 0 unspecified atom stereocenters. The number of carbonyl (C=O) groups is 3. The highest BCUT2D eigenvalue weighted by Crippen LogP contribution is 2.03. The lowest BCUT2D eigenvalue weighted by molar-refractivity contribution is -0.145. The first kappa shape index (κ1) is 33.2. The fraction of sp³-hybridized carbons (Fsp3) is 0.875. The molecule has 35 heavy (non-hydrogen) atoms. The maximum Gasteiger partial charge on any atom is 0.305 e. The highest BCUT2D eigenvalue weighted by molar-refractivity contribution is 5.80. The maximum absolute atomic E-state index is 11.5. The van der Waals surface area contributed by atoms with Crippen molar-refractivity contribution in [3.63, 3.8) is 0 Å². The van der Waals surface area contributed by atoms with Crippen molar-refractivity contribution in [2.75, 3.05) is 79.2 Å². The molecule has 0 aromatic heterocycles. The quantitative estimate of drug-likeness (QED) is 0.125. The molecule has 0 rings (SSSR count). The summed E-state index contributed by atoms with van der Waals surface area (Å²) in [4.78, 5) is 33.2. The first-order chi connectivity index (χ1) is 17.1. The van der Waals surface area contributed by atoms with Crippen LogP contribution >= 0.6 is 0 Å². The summed E-state index contributed by atoms with van der Waals surface area (Å²) in [6.07, 6.45) is 5.21. The summed E-state index contributed by atoms with van der Waals surface area (Å²) in [7, 11) is 0. The van der Waals surface area contributed by atoms with Gasteiger partial charge in [0.2, 0.25) is 5.91 Å². The molecule has 0 fully saturated rings. The van der Waals surface area contributed by atoms with Crippen molar-refractivity contribution in [3.05, 3.63) is 0 Å². The highest BCUT2D eigenvalue weighted by atomic mass is 16.6. The van der Waals surface area contributed by atoms with Gasteiger partial charge < -0.3 is 38.8 Å². The number of ether oxygens (including phenoxy) is 6. The lowest BCUT2D eigenvalue weighted by Crippen LogP contribution is -2.25. The predicted molar refractivity (Wildman–Crippen MR) is 128 cm³/mol. The Morgan fingerprint density at radius 3 is 1.63 bits per heavy atom. The second kappa shape index (κ2) is 26.8. The Morgan fingerprint density at radius 1 is 0.600 bits per heavy atom. The van der Waals surface area contributed by atoms with Crippen LogP contribution in [0.5, 0.6) is 0 Å². The molecule has 0 aliphatic carbocycles. The first-order valence-electron chi connectivity index (χ1n) is 12.6. The highest BCUT2D eigenvalue weighted by Gasteiger charge is 2.04. The molecule has 11 nitrogen and oxygen atoms in total. The number of aliphatic carboxylic acids is 1. The molecule has 0 radical (unpaired) electrons. The Hall–Kier alpha value is -1.79. The second-order valence-electron chi connectivity index (χ2n) is 7.69. The van der Waals surface area contributed by atoms with Crippen molar-refractivity contribution in [3.8, 4) is 0 Å².